The summed E-state index contributed by atoms with van der Waals surface area (Å²) in [5.74, 6) is 0.942. The molecule has 15 heavy (non-hydrogen) atoms. The highest BCUT2D eigenvalue weighted by molar-refractivity contribution is 9.10. The highest BCUT2D eigenvalue weighted by Gasteiger charge is 2.02. The number of rotatable bonds is 3. The summed E-state index contributed by atoms with van der Waals surface area (Å²) < 4.78 is 2.57. The molecule has 0 fully saturated rings. The molecule has 1 aromatic carbocycles. The normalized spacial score (nSPS) is 10.5. The summed E-state index contributed by atoms with van der Waals surface area (Å²) in [5.41, 5.74) is 1.32. The first kappa shape index (κ1) is 10.4. The molecule has 0 spiro atoms. The van der Waals surface area contributed by atoms with Gasteiger partial charge < -0.3 is 0 Å². The van der Waals surface area contributed by atoms with Crippen LogP contribution in [0.4, 0.5) is 0 Å². The minimum absolute atomic E-state index is 0.660. The van der Waals surface area contributed by atoms with Crippen molar-refractivity contribution in [1.82, 2.24) is 14.8 Å². The minimum atomic E-state index is 0.660. The zero-order valence-electron chi connectivity index (χ0n) is 8.52. The summed E-state index contributed by atoms with van der Waals surface area (Å²) in [6, 6.07) is 10.4. The highest BCUT2D eigenvalue weighted by Crippen LogP contribution is 2.06. The smallest absolute Gasteiger partial charge is 0.217 e. The van der Waals surface area contributed by atoms with Gasteiger partial charge in [0, 0.05) is 6.54 Å². The Labute approximate surface area is 97.3 Å². The molecule has 0 unspecified atom stereocenters. The Hall–Kier alpha value is -1.16. The molecule has 0 aliphatic carbocycles. The van der Waals surface area contributed by atoms with E-state index in [0.29, 0.717) is 4.73 Å². The molecule has 2 rings (SSSR count). The van der Waals surface area contributed by atoms with E-state index in [1.54, 1.807) is 0 Å². The van der Waals surface area contributed by atoms with Gasteiger partial charge in [-0.2, -0.15) is 0 Å². The topological polar surface area (TPSA) is 30.7 Å². The number of aryl methyl sites for hydroxylation is 3. The molecule has 2 aromatic rings. The van der Waals surface area contributed by atoms with Crippen LogP contribution >= 0.6 is 15.9 Å². The Balaban J connectivity index is 2.02. The number of hydrogen-bond acceptors (Lipinski definition) is 2. The van der Waals surface area contributed by atoms with Gasteiger partial charge in [0.2, 0.25) is 4.73 Å². The van der Waals surface area contributed by atoms with E-state index in [-0.39, 0.29) is 0 Å². The van der Waals surface area contributed by atoms with Gasteiger partial charge in [0.05, 0.1) is 0 Å². The standard InChI is InChI=1S/C11H12BrN3/c1-9-13-11(12)14-15(9)8-7-10-5-3-2-4-6-10/h2-6H,7-8H2,1H3. The van der Waals surface area contributed by atoms with Gasteiger partial charge in [0.15, 0.2) is 0 Å². The number of halogens is 1. The summed E-state index contributed by atoms with van der Waals surface area (Å²) >= 11 is 3.27. The molecule has 1 aromatic heterocycles. The van der Waals surface area contributed by atoms with Crippen molar-refractivity contribution in [3.8, 4) is 0 Å². The van der Waals surface area contributed by atoms with Crippen LogP contribution in [0.15, 0.2) is 35.1 Å². The third-order valence-corrected chi connectivity index (χ3v) is 2.62. The molecular weight excluding hydrogens is 254 g/mol. The fourth-order valence-electron chi connectivity index (χ4n) is 1.48. The first-order valence-electron chi connectivity index (χ1n) is 4.86. The summed E-state index contributed by atoms with van der Waals surface area (Å²) in [7, 11) is 0. The lowest BCUT2D eigenvalue weighted by molar-refractivity contribution is 0.592. The quantitative estimate of drug-likeness (QED) is 0.854. The van der Waals surface area contributed by atoms with Crippen molar-refractivity contribution >= 4 is 15.9 Å². The van der Waals surface area contributed by atoms with Crippen LogP contribution in [-0.2, 0) is 13.0 Å². The van der Waals surface area contributed by atoms with Gasteiger partial charge in [-0.05, 0) is 34.8 Å². The maximum atomic E-state index is 4.25. The molecule has 0 aliphatic rings. The molecule has 0 radical (unpaired) electrons. The molecule has 0 atom stereocenters. The number of benzene rings is 1. The van der Waals surface area contributed by atoms with E-state index in [2.05, 4.69) is 50.3 Å². The molecule has 0 saturated heterocycles. The van der Waals surface area contributed by atoms with E-state index in [4.69, 9.17) is 0 Å². The van der Waals surface area contributed by atoms with Gasteiger partial charge in [-0.15, -0.1) is 5.10 Å². The van der Waals surface area contributed by atoms with Crippen LogP contribution in [0.3, 0.4) is 0 Å². The second-order valence-corrected chi connectivity index (χ2v) is 4.10. The zero-order chi connectivity index (χ0) is 10.7. The molecule has 0 amide bonds. The van der Waals surface area contributed by atoms with Crippen LogP contribution in [0.1, 0.15) is 11.4 Å². The van der Waals surface area contributed by atoms with Crippen LogP contribution < -0.4 is 0 Å². The number of nitrogens with zero attached hydrogens (tertiary/aromatic N) is 3. The fraction of sp³-hybridized carbons (Fsp3) is 0.273. The average molecular weight is 266 g/mol. The number of aromatic nitrogens is 3. The molecule has 3 nitrogen and oxygen atoms in total. The summed E-state index contributed by atoms with van der Waals surface area (Å²) in [6.07, 6.45) is 0.984. The van der Waals surface area contributed by atoms with Crippen molar-refractivity contribution in [1.29, 1.82) is 0 Å². The lowest BCUT2D eigenvalue weighted by atomic mass is 10.1. The Kier molecular flexibility index (Phi) is 3.16. The summed E-state index contributed by atoms with van der Waals surface area (Å²) in [4.78, 5) is 4.19. The first-order chi connectivity index (χ1) is 7.25. The third-order valence-electron chi connectivity index (χ3n) is 2.29. The van der Waals surface area contributed by atoms with Crippen molar-refractivity contribution < 1.29 is 0 Å². The molecule has 1 heterocycles. The second kappa shape index (κ2) is 4.57. The molecule has 78 valence electrons. The average Bonchev–Trinajstić information content (AvgIpc) is 2.56. The van der Waals surface area contributed by atoms with Crippen molar-refractivity contribution in [2.24, 2.45) is 0 Å². The molecule has 0 N–H and O–H groups in total. The Morgan fingerprint density at radius 1 is 1.27 bits per heavy atom. The van der Waals surface area contributed by atoms with Crippen molar-refractivity contribution in [2.45, 2.75) is 19.9 Å². The third kappa shape index (κ3) is 2.65. The van der Waals surface area contributed by atoms with Crippen molar-refractivity contribution in [3.63, 3.8) is 0 Å². The van der Waals surface area contributed by atoms with Crippen LogP contribution in [0.25, 0.3) is 0 Å². The largest absolute Gasteiger partial charge is 0.249 e. The van der Waals surface area contributed by atoms with Gasteiger partial charge in [0.1, 0.15) is 5.82 Å². The molecule has 0 saturated carbocycles. The van der Waals surface area contributed by atoms with Crippen LogP contribution in [0.2, 0.25) is 0 Å². The Morgan fingerprint density at radius 2 is 2.00 bits per heavy atom. The summed E-state index contributed by atoms with van der Waals surface area (Å²) in [5, 5.41) is 4.25. The maximum Gasteiger partial charge on any atom is 0.217 e. The van der Waals surface area contributed by atoms with E-state index in [9.17, 15) is 0 Å². The van der Waals surface area contributed by atoms with E-state index in [1.807, 2.05) is 17.7 Å². The predicted molar refractivity (Wildman–Crippen MR) is 62.6 cm³/mol. The van der Waals surface area contributed by atoms with Crippen LogP contribution in [0.5, 0.6) is 0 Å². The van der Waals surface area contributed by atoms with E-state index >= 15 is 0 Å². The van der Waals surface area contributed by atoms with Gasteiger partial charge >= 0.3 is 0 Å². The zero-order valence-corrected chi connectivity index (χ0v) is 10.1. The van der Waals surface area contributed by atoms with Gasteiger partial charge in [0.25, 0.3) is 0 Å². The van der Waals surface area contributed by atoms with E-state index < -0.39 is 0 Å². The molecule has 0 bridgehead atoms. The van der Waals surface area contributed by atoms with Gasteiger partial charge in [-0.3, -0.25) is 0 Å². The maximum absolute atomic E-state index is 4.25. The lowest BCUT2D eigenvalue weighted by Crippen LogP contribution is -2.05. The second-order valence-electron chi connectivity index (χ2n) is 3.39. The lowest BCUT2D eigenvalue weighted by Gasteiger charge is -2.02. The molecular formula is C11H12BrN3. The minimum Gasteiger partial charge on any atom is -0.249 e. The van der Waals surface area contributed by atoms with Crippen molar-refractivity contribution in [2.75, 3.05) is 0 Å². The SMILES string of the molecule is Cc1nc(Br)nn1CCc1ccccc1. The molecule has 0 aliphatic heterocycles. The van der Waals surface area contributed by atoms with Gasteiger partial charge in [-0.25, -0.2) is 9.67 Å². The summed E-state index contributed by atoms with van der Waals surface area (Å²) in [6.45, 7) is 2.83. The van der Waals surface area contributed by atoms with Crippen LogP contribution in [0, 0.1) is 6.92 Å². The highest BCUT2D eigenvalue weighted by atomic mass is 79.9. The predicted octanol–water partition coefficient (Wildman–Crippen LogP) is 2.59. The molecule has 4 heteroatoms. The number of hydrogen-bond donors (Lipinski definition) is 0. The Bertz CT molecular complexity index is 436. The van der Waals surface area contributed by atoms with E-state index in [0.717, 1.165) is 18.8 Å². The van der Waals surface area contributed by atoms with Gasteiger partial charge in [-0.1, -0.05) is 30.3 Å². The van der Waals surface area contributed by atoms with Crippen LogP contribution in [-0.4, -0.2) is 14.8 Å². The fourth-order valence-corrected chi connectivity index (χ4v) is 1.93. The van der Waals surface area contributed by atoms with E-state index in [1.165, 1.54) is 5.56 Å². The first-order valence-corrected chi connectivity index (χ1v) is 5.66. The van der Waals surface area contributed by atoms with Crippen molar-refractivity contribution in [3.05, 3.63) is 46.5 Å². The Morgan fingerprint density at radius 3 is 2.60 bits per heavy atom. The monoisotopic (exact) mass is 265 g/mol.